The van der Waals surface area contributed by atoms with E-state index in [1.165, 1.54) is 0 Å². The molecule has 1 heterocycles. The van der Waals surface area contributed by atoms with Crippen LogP contribution in [0.25, 0.3) is 0 Å². The van der Waals surface area contributed by atoms with E-state index >= 15 is 0 Å². The predicted octanol–water partition coefficient (Wildman–Crippen LogP) is 33.1. The van der Waals surface area contributed by atoms with Gasteiger partial charge in [0.2, 0.25) is 0 Å². The topological polar surface area (TPSA) is 48.0 Å². The maximum atomic E-state index is 11.6. The third-order valence-corrected chi connectivity index (χ3v) is 3.79. The fourth-order valence-electron chi connectivity index (χ4n) is 2.49. The lowest BCUT2D eigenvalue weighted by Crippen LogP contribution is -2.30. The number of methoxy groups -OCH3 is 1. The summed E-state index contributed by atoms with van der Waals surface area (Å²) in [5.74, 6) is 0.458. The molecule has 79 heteroatoms. The van der Waals surface area contributed by atoms with E-state index in [-0.39, 0.29) is 12.1 Å². The van der Waals surface area contributed by atoms with Crippen molar-refractivity contribution < 1.29 is 357 Å². The van der Waals surface area contributed by atoms with Crippen LogP contribution in [0.2, 0.25) is 0 Å². The molecule has 1 fully saturated rings. The molecule has 1 saturated heterocycles. The van der Waals surface area contributed by atoms with Crippen LogP contribution in [0.1, 0.15) is 23.7 Å². The Hall–Kier alpha value is -6.77. The zero-order valence-electron chi connectivity index (χ0n) is 40.8. The molecule has 0 radical (unpaired) electrons. The summed E-state index contributed by atoms with van der Waals surface area (Å²) >= 11 is 0. The van der Waals surface area contributed by atoms with Gasteiger partial charge >= 0.3 is 5.97 Å². The van der Waals surface area contributed by atoms with Crippen molar-refractivity contribution in [3.05, 3.63) is 29.8 Å². The molecule has 0 spiro atoms. The minimum Gasteiger partial charge on any atom is -0.492 e. The Balaban J connectivity index is -0.0000000121. The summed E-state index contributed by atoms with van der Waals surface area (Å²) in [5, 5.41) is 0. The highest BCUT2D eigenvalue weighted by Gasteiger charge is 2.29. The van der Waals surface area contributed by atoms with Gasteiger partial charge in [0.25, 0.3) is 0 Å². The van der Waals surface area contributed by atoms with Crippen molar-refractivity contribution in [2.24, 2.45) is 0 Å². The number of esters is 1. The van der Waals surface area contributed by atoms with E-state index in [0.717, 1.165) is 18.7 Å². The fraction of sp³-hybridized carbons (Fsp3) is 0.562. The van der Waals surface area contributed by atoms with Crippen LogP contribution in [0.3, 0.4) is 0 Å². The summed E-state index contributed by atoms with van der Waals surface area (Å²) in [6.45, 7) is 3.73. The maximum Gasteiger partial charge on any atom is 0.338 e. The quantitative estimate of drug-likeness (QED) is 0.210. The van der Waals surface area contributed by atoms with E-state index in [4.69, 9.17) is 353 Å². The van der Waals surface area contributed by atoms with E-state index in [1.54, 1.807) is 38.3 Å². The Bertz CT molecular complexity index is 532. The second-order valence-electron chi connectivity index (χ2n) is 5.24. The van der Waals surface area contributed by atoms with Crippen LogP contribution in [0.5, 0.6) is 5.75 Å². The molecule has 0 saturated carbocycles. The van der Waals surface area contributed by atoms with E-state index in [0.29, 0.717) is 24.8 Å². The number of hydrogen-bond donors (Lipinski definition) is 0. The molecule has 95 heavy (non-hydrogen) atoms. The molecule has 5 nitrogen and oxygen atoms in total. The zero-order valence-corrected chi connectivity index (χ0v) is 40.8. The van der Waals surface area contributed by atoms with Crippen molar-refractivity contribution >= 4 is 5.97 Å². The van der Waals surface area contributed by atoms with E-state index in [9.17, 15) is 4.79 Å². The van der Waals surface area contributed by atoms with Gasteiger partial charge in [-0.15, -0.1) is 0 Å². The number of carbonyl (C=O) groups excluding carboxylic acids is 1. The lowest BCUT2D eigenvalue weighted by atomic mass is 10.2. The number of halogens is 74. The lowest BCUT2D eigenvalue weighted by Gasteiger charge is -2.19. The van der Waals surface area contributed by atoms with Gasteiger partial charge in [0.15, 0.2) is 0 Å². The highest BCUT2D eigenvalue weighted by molar-refractivity contribution is 5.89. The van der Waals surface area contributed by atoms with Crippen molar-refractivity contribution in [2.45, 2.75) is 25.5 Å². The Kier molecular flexibility index (Phi) is 3400. The molecule has 1 aliphatic heterocycles. The van der Waals surface area contributed by atoms with Crippen LogP contribution < -0.4 is 4.74 Å². The first-order valence-corrected chi connectivity index (χ1v) is 12.6. The zero-order chi connectivity index (χ0) is 89.2. The minimum absolute atomic E-state index is 0.287. The van der Waals surface area contributed by atoms with Gasteiger partial charge in [-0.25, -0.2) is 4.79 Å². The summed E-state index contributed by atoms with van der Waals surface area (Å²) in [6, 6.07) is 7.41. The predicted molar refractivity (Wildman–Crippen MR) is 162 cm³/mol. The van der Waals surface area contributed by atoms with Crippen molar-refractivity contribution in [3.8, 4) is 5.75 Å². The van der Waals surface area contributed by atoms with E-state index < -0.39 is 0 Å². The Labute approximate surface area is 466 Å². The summed E-state index contributed by atoms with van der Waals surface area (Å²) in [4.78, 5) is 13.8. The van der Waals surface area contributed by atoms with Crippen molar-refractivity contribution in [3.63, 3.8) is 0 Å². The Morgan fingerprint density at radius 2 is 0.474 bits per heavy atom. The molecule has 0 N–H and O–H groups in total. The number of benzene rings is 1. The van der Waals surface area contributed by atoms with Crippen LogP contribution in [-0.4, -0.2) is 56.9 Å². The number of likely N-dealkylation sites (tertiary alicyclic amines) is 1. The number of hydrogen-bond acceptors (Lipinski definition) is 5. The van der Waals surface area contributed by atoms with Gasteiger partial charge in [-0.05, 0) is 44.7 Å². The van der Waals surface area contributed by atoms with E-state index in [1.807, 2.05) is 0 Å². The number of likely N-dealkylation sites (N-methyl/N-ethyl adjacent to an activating group) is 1. The fourth-order valence-corrected chi connectivity index (χ4v) is 2.49. The van der Waals surface area contributed by atoms with Crippen LogP contribution in [-0.2, 0) is 9.47 Å². The molecule has 1 aromatic rings. The van der Waals surface area contributed by atoms with Crippen molar-refractivity contribution in [2.75, 3.05) is 33.9 Å². The summed E-state index contributed by atoms with van der Waals surface area (Å²) < 4.78 is 608. The van der Waals surface area contributed by atoms with E-state index in [2.05, 4.69) is 11.9 Å². The standard InChI is InChI=1S/C16H23NO4.37F2/c1-4-20-16(18)12-5-7-14(8-6-12)21-11-13-9-15(19-3)10-17(13)2;37*1-2/h5-8,13,15H,4,9-11H2,1-3H3;;;;;;;;;;;;;;;;;;;;;;;;;;;;;;;;;;;;;/t13-,15-;;;;;;;;;;;;;;;;;;;;;;;;;;;;;;;;;;;;;/m0...................................../s1. The van der Waals surface area contributed by atoms with Gasteiger partial charge < -0.3 is 14.2 Å². The normalized spacial score (nSPS) is 7.25. The molecular weight excluding hydrogens is 1680 g/mol. The van der Waals surface area contributed by atoms with Gasteiger partial charge in [-0.3, -0.25) is 4.90 Å². The monoisotopic (exact) mass is 1700 g/mol. The maximum absolute atomic E-state index is 11.6. The first kappa shape index (κ1) is 246. The summed E-state index contributed by atoms with van der Waals surface area (Å²) in [6.07, 6.45) is 1.27. The second kappa shape index (κ2) is 1310. The second-order valence-corrected chi connectivity index (χ2v) is 5.24. The molecule has 0 aromatic heterocycles. The molecule has 0 unspecified atom stereocenters. The highest BCUT2D eigenvalue weighted by Crippen LogP contribution is 2.20. The van der Waals surface area contributed by atoms with Crippen LogP contribution in [0.4, 0.5) is 338 Å². The third-order valence-electron chi connectivity index (χ3n) is 3.79. The van der Waals surface area contributed by atoms with Crippen LogP contribution in [0, 0.1) is 0 Å². The first-order chi connectivity index (χ1) is 47.1. The molecular formula is C16H23F74NO4. The van der Waals surface area contributed by atoms with Crippen LogP contribution >= 0.6 is 0 Å². The van der Waals surface area contributed by atoms with Gasteiger partial charge in [0.1, 0.15) is 12.4 Å². The van der Waals surface area contributed by atoms with Gasteiger partial charge in [-0.1, -0.05) is 0 Å². The van der Waals surface area contributed by atoms with Crippen molar-refractivity contribution in [1.82, 2.24) is 4.90 Å². The third kappa shape index (κ3) is 742. The number of nitrogens with zero attached hydrogens (tertiary/aromatic N) is 1. The first-order valence-electron chi connectivity index (χ1n) is 12.6. The molecule has 2 rings (SSSR count). The molecule has 1 aliphatic rings. The number of rotatable bonds is 6. The Morgan fingerprint density at radius 1 is 0.316 bits per heavy atom. The summed E-state index contributed by atoms with van der Waals surface area (Å²) in [7, 11) is 3.83. The van der Waals surface area contributed by atoms with Crippen molar-refractivity contribution in [1.29, 1.82) is 0 Å². The SMILES string of the molecule is CCOC(=O)c1ccc(OC[C@@H]2C[C@H](OC)CN2C)cc1.FF.FF.FF.FF.FF.FF.FF.FF.FF.FF.FF.FF.FF.FF.FF.FF.FF.FF.FF.FF.FF.FF.FF.FF.FF.FF.FF.FF.FF.FF.FF.FF.FF.FF.FF.FF.FF. The molecule has 0 aliphatic carbocycles. The molecule has 0 bridgehead atoms. The summed E-state index contributed by atoms with van der Waals surface area (Å²) in [5.41, 5.74) is 0.543. The number of carbonyl (C=O) groups is 1. The van der Waals surface area contributed by atoms with Crippen LogP contribution in [0.15, 0.2) is 24.3 Å². The highest BCUT2D eigenvalue weighted by atomic mass is 20.1. The molecule has 0 amide bonds. The van der Waals surface area contributed by atoms with Gasteiger partial charge in [0.05, 0.1) is 18.3 Å². The van der Waals surface area contributed by atoms with Gasteiger partial charge in [0, 0.05) is 358 Å². The molecule has 634 valence electrons. The Morgan fingerprint density at radius 3 is 0.600 bits per heavy atom. The van der Waals surface area contributed by atoms with Gasteiger partial charge in [-0.2, -0.15) is 0 Å². The molecule has 1 aromatic carbocycles. The average molecular weight is 1700 g/mol. The largest absolute Gasteiger partial charge is 0.492 e. The minimum atomic E-state index is -0.303. The smallest absolute Gasteiger partial charge is 0.338 e. The average Bonchev–Trinajstić information content (AvgIpc) is 4.17. The molecule has 2 atom stereocenters. The lowest BCUT2D eigenvalue weighted by molar-refractivity contribution is 0.0526. The number of ether oxygens (including phenoxy) is 3.